The monoisotopic (exact) mass is 258 g/mol. The smallest absolute Gasteiger partial charge is 0.114 e. The van der Waals surface area contributed by atoms with Crippen LogP contribution in [0.3, 0.4) is 0 Å². The van der Waals surface area contributed by atoms with Crippen molar-refractivity contribution in [2.75, 3.05) is 0 Å². The first kappa shape index (κ1) is 17.9. The zero-order chi connectivity index (χ0) is 14.8. The van der Waals surface area contributed by atoms with E-state index >= 15 is 0 Å². The van der Waals surface area contributed by atoms with Crippen molar-refractivity contribution in [1.29, 1.82) is 0 Å². The van der Waals surface area contributed by atoms with Gasteiger partial charge in [0.15, 0.2) is 0 Å². The second kappa shape index (κ2) is 5.48. The minimum absolute atomic E-state index is 0.131. The molecule has 0 amide bonds. The van der Waals surface area contributed by atoms with Gasteiger partial charge in [-0.05, 0) is 59.3 Å². The van der Waals surface area contributed by atoms with Gasteiger partial charge in [0.05, 0.1) is 5.60 Å². The first-order chi connectivity index (χ1) is 7.68. The van der Waals surface area contributed by atoms with E-state index < -0.39 is 5.72 Å². The molecule has 0 aliphatic carbocycles. The highest BCUT2D eigenvalue weighted by Gasteiger charge is 2.36. The molecule has 0 aromatic carbocycles. The molecule has 0 aliphatic rings. The predicted octanol–water partition coefficient (Wildman–Crippen LogP) is 3.41. The Morgan fingerprint density at radius 2 is 1.28 bits per heavy atom. The second-order valence-corrected chi connectivity index (χ2v) is 8.03. The average molecular weight is 258 g/mol. The molecule has 0 spiro atoms. The van der Waals surface area contributed by atoms with E-state index in [1.54, 1.807) is 0 Å². The van der Waals surface area contributed by atoms with Gasteiger partial charge < -0.3 is 16.2 Å². The Labute approximate surface area is 114 Å². The quantitative estimate of drug-likeness (QED) is 0.688. The van der Waals surface area contributed by atoms with Crippen LogP contribution in [-0.2, 0) is 4.74 Å². The molecule has 0 bridgehead atoms. The molecule has 0 aliphatic heterocycles. The Hall–Kier alpha value is -0.120. The lowest BCUT2D eigenvalue weighted by Crippen LogP contribution is -2.48. The minimum atomic E-state index is -0.558. The van der Waals surface area contributed by atoms with Crippen molar-refractivity contribution in [2.24, 2.45) is 16.9 Å². The van der Waals surface area contributed by atoms with E-state index in [1.807, 2.05) is 13.8 Å². The molecule has 0 aromatic heterocycles. The summed E-state index contributed by atoms with van der Waals surface area (Å²) in [5.41, 5.74) is 11.4. The first-order valence-electron chi connectivity index (χ1n) is 6.96. The molecule has 0 heterocycles. The molecule has 0 aromatic rings. The van der Waals surface area contributed by atoms with Gasteiger partial charge in [0, 0.05) is 5.54 Å². The van der Waals surface area contributed by atoms with Crippen molar-refractivity contribution in [1.82, 2.24) is 0 Å². The largest absolute Gasteiger partial charge is 0.355 e. The number of ether oxygens (including phenoxy) is 1. The van der Waals surface area contributed by atoms with Crippen LogP contribution in [0, 0.1) is 5.41 Å². The van der Waals surface area contributed by atoms with Gasteiger partial charge in [-0.15, -0.1) is 0 Å². The number of rotatable bonds is 7. The Morgan fingerprint density at radius 3 is 1.61 bits per heavy atom. The van der Waals surface area contributed by atoms with E-state index in [0.29, 0.717) is 0 Å². The first-order valence-corrected chi connectivity index (χ1v) is 6.96. The topological polar surface area (TPSA) is 61.3 Å². The minimum Gasteiger partial charge on any atom is -0.355 e. The van der Waals surface area contributed by atoms with E-state index in [4.69, 9.17) is 16.2 Å². The third kappa shape index (κ3) is 8.06. The zero-order valence-corrected chi connectivity index (χ0v) is 13.7. The van der Waals surface area contributed by atoms with Crippen LogP contribution >= 0.6 is 0 Å². The van der Waals surface area contributed by atoms with Crippen molar-refractivity contribution in [3.63, 3.8) is 0 Å². The second-order valence-electron chi connectivity index (χ2n) is 8.03. The van der Waals surface area contributed by atoms with Crippen LogP contribution in [0.5, 0.6) is 0 Å². The lowest BCUT2D eigenvalue weighted by atomic mass is 9.74. The molecule has 0 radical (unpaired) electrons. The molecule has 0 saturated carbocycles. The van der Waals surface area contributed by atoms with E-state index in [9.17, 15) is 0 Å². The van der Waals surface area contributed by atoms with E-state index in [0.717, 1.165) is 19.3 Å². The van der Waals surface area contributed by atoms with Crippen LogP contribution in [-0.4, -0.2) is 16.9 Å². The average Bonchev–Trinajstić information content (AvgIpc) is 1.93. The molecular weight excluding hydrogens is 224 g/mol. The van der Waals surface area contributed by atoms with Gasteiger partial charge in [0.1, 0.15) is 5.72 Å². The van der Waals surface area contributed by atoms with Crippen LogP contribution in [0.1, 0.15) is 74.7 Å². The van der Waals surface area contributed by atoms with Gasteiger partial charge >= 0.3 is 0 Å². The summed E-state index contributed by atoms with van der Waals surface area (Å²) in [7, 11) is 0. The summed E-state index contributed by atoms with van der Waals surface area (Å²) < 4.78 is 6.06. The Kier molecular flexibility index (Phi) is 5.44. The van der Waals surface area contributed by atoms with Gasteiger partial charge in [0.25, 0.3) is 0 Å². The number of nitrogens with two attached hydrogens (primary N) is 2. The third-order valence-electron chi connectivity index (χ3n) is 3.05. The zero-order valence-electron chi connectivity index (χ0n) is 13.7. The molecular formula is C15H34N2O. The summed E-state index contributed by atoms with van der Waals surface area (Å²) in [6.07, 6.45) is 2.70. The molecule has 3 heteroatoms. The molecule has 0 rings (SSSR count). The van der Waals surface area contributed by atoms with Crippen LogP contribution in [0.15, 0.2) is 0 Å². The molecule has 1 unspecified atom stereocenters. The summed E-state index contributed by atoms with van der Waals surface area (Å²) in [6, 6.07) is 0. The van der Waals surface area contributed by atoms with Crippen LogP contribution in [0.25, 0.3) is 0 Å². The third-order valence-corrected chi connectivity index (χ3v) is 3.05. The molecule has 3 nitrogen and oxygen atoms in total. The maximum absolute atomic E-state index is 6.13. The highest BCUT2D eigenvalue weighted by molar-refractivity contribution is 4.88. The van der Waals surface area contributed by atoms with Crippen molar-refractivity contribution in [2.45, 2.75) is 91.5 Å². The number of hydrogen-bond acceptors (Lipinski definition) is 3. The summed E-state index contributed by atoms with van der Waals surface area (Å²) in [6.45, 7) is 16.8. The fourth-order valence-electron chi connectivity index (χ4n) is 3.19. The Bertz CT molecular complexity index is 262. The van der Waals surface area contributed by atoms with Crippen LogP contribution < -0.4 is 11.5 Å². The summed E-state index contributed by atoms with van der Waals surface area (Å²) in [5, 5.41) is 0. The molecule has 0 fully saturated rings. The van der Waals surface area contributed by atoms with Crippen LogP contribution in [0.4, 0.5) is 0 Å². The highest BCUT2D eigenvalue weighted by atomic mass is 16.5. The standard InChI is InChI=1S/C15H34N2O/c1-9-15(8,17)18-14(6,7)11-12(2,3)10-13(4,5)16/h9-11,16-17H2,1-8H3. The SMILES string of the molecule is CCC(C)(N)OC(C)(C)CC(C)(C)CC(C)(C)N. The van der Waals surface area contributed by atoms with Gasteiger partial charge in [-0.1, -0.05) is 20.8 Å². The lowest BCUT2D eigenvalue weighted by Gasteiger charge is -2.42. The molecule has 18 heavy (non-hydrogen) atoms. The fraction of sp³-hybridized carbons (Fsp3) is 1.00. The normalized spacial score (nSPS) is 17.7. The molecule has 1 atom stereocenters. The van der Waals surface area contributed by atoms with E-state index in [-0.39, 0.29) is 16.6 Å². The summed E-state index contributed by atoms with van der Waals surface area (Å²) in [4.78, 5) is 0. The molecule has 110 valence electrons. The van der Waals surface area contributed by atoms with Gasteiger partial charge in [-0.25, -0.2) is 0 Å². The molecule has 4 N–H and O–H groups in total. The lowest BCUT2D eigenvalue weighted by molar-refractivity contribution is -0.146. The van der Waals surface area contributed by atoms with Crippen molar-refractivity contribution in [3.05, 3.63) is 0 Å². The van der Waals surface area contributed by atoms with Gasteiger partial charge in [-0.3, -0.25) is 0 Å². The maximum Gasteiger partial charge on any atom is 0.114 e. The summed E-state index contributed by atoms with van der Waals surface area (Å²) in [5.74, 6) is 0. The Balaban J connectivity index is 4.66. The van der Waals surface area contributed by atoms with Gasteiger partial charge in [0.2, 0.25) is 0 Å². The molecule has 0 saturated heterocycles. The highest BCUT2D eigenvalue weighted by Crippen LogP contribution is 2.37. The van der Waals surface area contributed by atoms with Crippen LogP contribution in [0.2, 0.25) is 0 Å². The van der Waals surface area contributed by atoms with Crippen molar-refractivity contribution >= 4 is 0 Å². The van der Waals surface area contributed by atoms with E-state index in [1.165, 1.54) is 0 Å². The number of hydrogen-bond donors (Lipinski definition) is 2. The fourth-order valence-corrected chi connectivity index (χ4v) is 3.19. The summed E-state index contributed by atoms with van der Waals surface area (Å²) >= 11 is 0. The Morgan fingerprint density at radius 1 is 0.833 bits per heavy atom. The van der Waals surface area contributed by atoms with Crippen molar-refractivity contribution in [3.8, 4) is 0 Å². The van der Waals surface area contributed by atoms with Gasteiger partial charge in [-0.2, -0.15) is 0 Å². The predicted molar refractivity (Wildman–Crippen MR) is 79.3 cm³/mol. The van der Waals surface area contributed by atoms with Crippen molar-refractivity contribution < 1.29 is 4.74 Å². The maximum atomic E-state index is 6.13. The van der Waals surface area contributed by atoms with E-state index in [2.05, 4.69) is 41.5 Å².